The number of quaternary nitrogens is 1. The van der Waals surface area contributed by atoms with Gasteiger partial charge < -0.3 is 4.90 Å². The summed E-state index contributed by atoms with van der Waals surface area (Å²) < 4.78 is 0. The first-order valence-corrected chi connectivity index (χ1v) is 16.3. The zero-order valence-corrected chi connectivity index (χ0v) is 22.5. The maximum atomic E-state index is 2.82. The van der Waals surface area contributed by atoms with Crippen LogP contribution in [0.1, 0.15) is 117 Å². The summed E-state index contributed by atoms with van der Waals surface area (Å²) in [4.78, 5) is 2.39. The van der Waals surface area contributed by atoms with Gasteiger partial charge in [0.15, 0.2) is 0 Å². The molecule has 0 aliphatic heterocycles. The van der Waals surface area contributed by atoms with E-state index in [9.17, 15) is 0 Å². The van der Waals surface area contributed by atoms with Crippen LogP contribution in [0.2, 0.25) is 0 Å². The quantitative estimate of drug-likeness (QED) is 0.487. The fourth-order valence-corrected chi connectivity index (χ4v) is 15.7. The first-order chi connectivity index (χ1) is 16.4. The van der Waals surface area contributed by atoms with E-state index in [1.54, 1.807) is 96.3 Å². The normalized spacial score (nSPS) is 67.5. The van der Waals surface area contributed by atoms with Crippen molar-refractivity contribution in [1.29, 1.82) is 0 Å². The molecule has 12 bridgehead atoms. The van der Waals surface area contributed by atoms with E-state index in [0.29, 0.717) is 16.6 Å². The van der Waals surface area contributed by atoms with Crippen molar-refractivity contribution < 1.29 is 4.90 Å². The fourth-order valence-electron chi connectivity index (χ4n) is 15.7. The lowest BCUT2D eigenvalue weighted by Gasteiger charge is -2.76. The molecule has 0 spiro atoms. The highest BCUT2D eigenvalue weighted by Gasteiger charge is 2.75. The molecule has 1 heteroatoms. The van der Waals surface area contributed by atoms with Gasteiger partial charge in [0, 0.05) is 56.3 Å². The smallest absolute Gasteiger partial charge is 0.102 e. The van der Waals surface area contributed by atoms with Crippen molar-refractivity contribution in [2.24, 2.45) is 71.0 Å². The van der Waals surface area contributed by atoms with E-state index in [4.69, 9.17) is 0 Å². The summed E-state index contributed by atoms with van der Waals surface area (Å²) in [6.45, 7) is 8.45. The third-order valence-corrected chi connectivity index (χ3v) is 16.0. The first-order valence-electron chi connectivity index (χ1n) is 16.3. The van der Waals surface area contributed by atoms with Crippen LogP contribution in [0.4, 0.5) is 0 Å². The summed E-state index contributed by atoms with van der Waals surface area (Å²) in [6, 6.07) is 0. The average Bonchev–Trinajstić information content (AvgIpc) is 2.78. The third kappa shape index (κ3) is 2.36. The zero-order valence-electron chi connectivity index (χ0n) is 22.5. The maximum absolute atomic E-state index is 2.82. The molecule has 0 heterocycles. The summed E-state index contributed by atoms with van der Waals surface area (Å²) in [6.07, 6.45) is 24.3. The van der Waals surface area contributed by atoms with Gasteiger partial charge in [0.05, 0.1) is 0 Å². The number of hydrogen-bond donors (Lipinski definition) is 1. The van der Waals surface area contributed by atoms with Gasteiger partial charge in [0.1, 0.15) is 16.6 Å². The average molecular weight is 463 g/mol. The van der Waals surface area contributed by atoms with Gasteiger partial charge in [-0.1, -0.05) is 20.8 Å². The molecule has 12 saturated carbocycles. The van der Waals surface area contributed by atoms with Crippen molar-refractivity contribution in [3.63, 3.8) is 0 Å². The van der Waals surface area contributed by atoms with Gasteiger partial charge in [-0.2, -0.15) is 0 Å². The Morgan fingerprint density at radius 3 is 0.853 bits per heavy atom. The molecular formula is C33H52N+. The van der Waals surface area contributed by atoms with E-state index >= 15 is 0 Å². The Hall–Kier alpha value is -0.0400. The summed E-state index contributed by atoms with van der Waals surface area (Å²) in [5.74, 6) is 12.8. The van der Waals surface area contributed by atoms with Crippen LogP contribution in [-0.4, -0.2) is 16.6 Å². The minimum Gasteiger partial charge on any atom is -0.320 e. The Morgan fingerprint density at radius 2 is 0.618 bits per heavy atom. The molecule has 1 N–H and O–H groups in total. The molecule has 34 heavy (non-hydrogen) atoms. The van der Waals surface area contributed by atoms with E-state index in [2.05, 4.69) is 25.7 Å². The molecule has 0 radical (unpaired) electrons. The van der Waals surface area contributed by atoms with Crippen LogP contribution in [0.25, 0.3) is 0 Å². The van der Waals surface area contributed by atoms with Gasteiger partial charge in [0.2, 0.25) is 0 Å². The molecule has 0 aromatic carbocycles. The molecule has 12 aliphatic carbocycles. The van der Waals surface area contributed by atoms with E-state index in [0.717, 1.165) is 71.0 Å². The van der Waals surface area contributed by atoms with Crippen LogP contribution in [0.5, 0.6) is 0 Å². The monoisotopic (exact) mass is 462 g/mol. The Kier molecular flexibility index (Phi) is 4.01. The van der Waals surface area contributed by atoms with E-state index in [-0.39, 0.29) is 0 Å². The van der Waals surface area contributed by atoms with Crippen LogP contribution < -0.4 is 4.90 Å². The summed E-state index contributed by atoms with van der Waals surface area (Å²) in [5.41, 5.74) is 1.94. The predicted octanol–water partition coefficient (Wildman–Crippen LogP) is 6.52. The van der Waals surface area contributed by atoms with Crippen LogP contribution in [0.15, 0.2) is 0 Å². The van der Waals surface area contributed by atoms with Crippen molar-refractivity contribution >= 4 is 0 Å². The summed E-state index contributed by atoms with van der Waals surface area (Å²) >= 11 is 0. The summed E-state index contributed by atoms with van der Waals surface area (Å²) in [7, 11) is 0. The molecule has 9 unspecified atom stereocenters. The molecule has 188 valence electrons. The predicted molar refractivity (Wildman–Crippen MR) is 137 cm³/mol. The van der Waals surface area contributed by atoms with Crippen molar-refractivity contribution in [2.75, 3.05) is 0 Å². The molecule has 12 aliphatic rings. The van der Waals surface area contributed by atoms with Gasteiger partial charge in [-0.15, -0.1) is 0 Å². The maximum Gasteiger partial charge on any atom is 0.102 e. The van der Waals surface area contributed by atoms with Gasteiger partial charge in [-0.3, -0.25) is 0 Å². The largest absolute Gasteiger partial charge is 0.320 e. The number of rotatable bonds is 3. The molecule has 1 nitrogen and oxygen atoms in total. The lowest BCUT2D eigenvalue weighted by molar-refractivity contribution is -1.07. The first kappa shape index (κ1) is 21.0. The van der Waals surface area contributed by atoms with Crippen LogP contribution in [0.3, 0.4) is 0 Å². The van der Waals surface area contributed by atoms with Crippen LogP contribution in [-0.2, 0) is 0 Å². The second-order valence-corrected chi connectivity index (χ2v) is 17.0. The summed E-state index contributed by atoms with van der Waals surface area (Å²) in [5, 5.41) is 0. The van der Waals surface area contributed by atoms with Crippen molar-refractivity contribution in [3.05, 3.63) is 0 Å². The standard InChI is InChI=1S/C33H51N/c1-19-28-7-22-4-23(8-28)14-31(19,13-22)34(32-15-24-5-25(16-32)10-29(9-24)20(32)2)33-17-26-6-27(18-33)12-30(11-26)21(33)3/h19-30H,4-18H2,1-3H3/p+1. The highest BCUT2D eigenvalue weighted by Crippen LogP contribution is 2.65. The van der Waals surface area contributed by atoms with Gasteiger partial charge >= 0.3 is 0 Å². The molecule has 0 aromatic heterocycles. The highest BCUT2D eigenvalue weighted by atomic mass is 15.4. The lowest BCUT2D eigenvalue weighted by Crippen LogP contribution is -3.36. The van der Waals surface area contributed by atoms with Crippen LogP contribution >= 0.6 is 0 Å². The Balaban J connectivity index is 1.27. The van der Waals surface area contributed by atoms with Crippen molar-refractivity contribution in [2.45, 2.75) is 134 Å². The lowest BCUT2D eigenvalue weighted by atomic mass is 9.40. The third-order valence-electron chi connectivity index (χ3n) is 16.0. The zero-order chi connectivity index (χ0) is 22.6. The Morgan fingerprint density at radius 1 is 0.382 bits per heavy atom. The molecule has 0 aromatic rings. The van der Waals surface area contributed by atoms with Gasteiger partial charge in [0.25, 0.3) is 0 Å². The number of hydrogen-bond acceptors (Lipinski definition) is 0. The SMILES string of the molecule is CC1C2CC3CC(C2)CC1([NH+](C12CC4CC(CC(C4)C1C)C2)C12CC4CC(CC(C4)C1C)C2)C3. The van der Waals surface area contributed by atoms with Crippen LogP contribution in [0, 0.1) is 71.0 Å². The molecule has 0 amide bonds. The molecule has 0 saturated heterocycles. The van der Waals surface area contributed by atoms with E-state index in [1.807, 2.05) is 0 Å². The highest BCUT2D eigenvalue weighted by molar-refractivity contribution is 5.15. The molecular weight excluding hydrogens is 410 g/mol. The Bertz CT molecular complexity index is 733. The Labute approximate surface area is 209 Å². The molecule has 9 atom stereocenters. The van der Waals surface area contributed by atoms with Gasteiger partial charge in [-0.05, 0) is 111 Å². The fraction of sp³-hybridized carbons (Fsp3) is 1.00. The van der Waals surface area contributed by atoms with Crippen molar-refractivity contribution in [1.82, 2.24) is 0 Å². The second-order valence-electron chi connectivity index (χ2n) is 17.0. The van der Waals surface area contributed by atoms with Crippen molar-refractivity contribution in [3.8, 4) is 0 Å². The minimum absolute atomic E-state index is 0.647. The number of nitrogens with one attached hydrogen (secondary N) is 1. The molecule has 12 rings (SSSR count). The topological polar surface area (TPSA) is 4.44 Å². The molecule has 12 fully saturated rings. The minimum atomic E-state index is 0.647. The van der Waals surface area contributed by atoms with E-state index < -0.39 is 0 Å². The van der Waals surface area contributed by atoms with E-state index in [1.165, 1.54) is 0 Å². The van der Waals surface area contributed by atoms with Gasteiger partial charge in [-0.25, -0.2) is 0 Å². The second kappa shape index (κ2) is 6.50.